The maximum absolute atomic E-state index is 5.09. The molecule has 0 aromatic heterocycles. The lowest BCUT2D eigenvalue weighted by atomic mass is 10.0. The van der Waals surface area contributed by atoms with Gasteiger partial charge in [0.1, 0.15) is 0 Å². The van der Waals surface area contributed by atoms with E-state index < -0.39 is 16.1 Å². The molecule has 0 atom stereocenters. The van der Waals surface area contributed by atoms with Crippen molar-refractivity contribution >= 4 is 26.5 Å². The molecule has 0 aliphatic heterocycles. The molecule has 42 heavy (non-hydrogen) atoms. The van der Waals surface area contributed by atoms with Crippen LogP contribution in [0, 0.1) is 23.7 Å². The van der Waals surface area contributed by atoms with Gasteiger partial charge in [-0.15, -0.1) is 0 Å². The minimum atomic E-state index is -1.68. The molecule has 0 radical (unpaired) electrons. The number of rotatable bonds is 10. The maximum Gasteiger partial charge on any atom is 0.0792 e. The van der Waals surface area contributed by atoms with Crippen molar-refractivity contribution in [2.75, 3.05) is 14.2 Å². The number of benzene rings is 3. The van der Waals surface area contributed by atoms with Crippen LogP contribution in [-0.4, -0.2) is 30.4 Å². The zero-order chi connectivity index (χ0) is 30.6. The molecule has 3 rings (SSSR count). The van der Waals surface area contributed by atoms with Crippen LogP contribution in [-0.2, 0) is 35.2 Å². The Hall–Kier alpha value is -3.71. The second kappa shape index (κ2) is 15.5. The Morgan fingerprint density at radius 1 is 0.571 bits per heavy atom. The van der Waals surface area contributed by atoms with Crippen molar-refractivity contribution in [2.24, 2.45) is 0 Å². The number of hydrogen-bond acceptors (Lipinski definition) is 2. The Labute approximate surface area is 256 Å². The van der Waals surface area contributed by atoms with Gasteiger partial charge in [-0.1, -0.05) is 111 Å². The molecule has 3 aromatic carbocycles. The molecule has 0 amide bonds. The second-order valence-electron chi connectivity index (χ2n) is 12.6. The summed E-state index contributed by atoms with van der Waals surface area (Å²) in [5, 5.41) is 2.78. The van der Waals surface area contributed by atoms with Gasteiger partial charge >= 0.3 is 0 Å². The molecule has 218 valence electrons. The van der Waals surface area contributed by atoms with E-state index in [9.17, 15) is 0 Å². The van der Waals surface area contributed by atoms with E-state index in [1.165, 1.54) is 43.8 Å². The normalized spacial score (nSPS) is 11.6. The van der Waals surface area contributed by atoms with Crippen LogP contribution in [0.5, 0.6) is 0 Å². The molecule has 0 spiro atoms. The highest BCUT2D eigenvalue weighted by atomic mass is 28.3. The van der Waals surface area contributed by atoms with Crippen LogP contribution >= 0.6 is 0 Å². The van der Waals surface area contributed by atoms with Gasteiger partial charge in [-0.25, -0.2) is 0 Å². The summed E-state index contributed by atoms with van der Waals surface area (Å²) in [4.78, 5) is 0. The molecule has 0 unspecified atom stereocenters. The molecule has 0 aliphatic carbocycles. The molecule has 0 saturated carbocycles. The third kappa shape index (κ3) is 9.69. The van der Waals surface area contributed by atoms with E-state index in [-0.39, 0.29) is 0 Å². The summed E-state index contributed by atoms with van der Waals surface area (Å²) in [6.07, 6.45) is 10.7. The predicted molar refractivity (Wildman–Crippen MR) is 186 cm³/mol. The van der Waals surface area contributed by atoms with Crippen molar-refractivity contribution < 1.29 is 9.47 Å². The Morgan fingerprint density at radius 2 is 0.929 bits per heavy atom. The first-order valence-corrected chi connectivity index (χ1v) is 21.7. The summed E-state index contributed by atoms with van der Waals surface area (Å²) in [5.74, 6) is 14.3. The number of methoxy groups -OCH3 is 2. The third-order valence-electron chi connectivity index (χ3n) is 7.15. The Kier molecular flexibility index (Phi) is 12.1. The molecule has 0 fully saturated rings. The van der Waals surface area contributed by atoms with Gasteiger partial charge in [-0.3, -0.25) is 0 Å². The zero-order valence-corrected chi connectivity index (χ0v) is 28.7. The van der Waals surface area contributed by atoms with Crippen molar-refractivity contribution in [3.8, 4) is 23.7 Å². The quantitative estimate of drug-likeness (QED) is 0.139. The van der Waals surface area contributed by atoms with Crippen LogP contribution in [0.2, 0.25) is 39.3 Å². The molecule has 0 N–H and O–H groups in total. The molecule has 0 aliphatic rings. The highest BCUT2D eigenvalue weighted by Gasteiger charge is 2.26. The largest absolute Gasteiger partial charge is 0.505 e. The van der Waals surface area contributed by atoms with Crippen molar-refractivity contribution in [3.63, 3.8) is 0 Å². The standard InChI is InChI=1S/C38H46O2Si2/c1-39-27-15-25-33-19-11-9-17-31(33)21-13-23-35-29-38(42(6,7)8)36(30-37(35)41(3,4)5)24-14-22-32-18-10-12-20-34(32)26-16-28-40-2/h9-12,15-20,27-30H,21-22,25-26H2,1-8H3/b27-15+,28-16+. The summed E-state index contributed by atoms with van der Waals surface area (Å²) < 4.78 is 10.2. The van der Waals surface area contributed by atoms with E-state index in [4.69, 9.17) is 9.47 Å². The highest BCUT2D eigenvalue weighted by molar-refractivity contribution is 6.91. The van der Waals surface area contributed by atoms with Crippen LogP contribution < -0.4 is 10.4 Å². The van der Waals surface area contributed by atoms with Crippen LogP contribution in [0.3, 0.4) is 0 Å². The van der Waals surface area contributed by atoms with E-state index in [2.05, 4.69) is 124 Å². The van der Waals surface area contributed by atoms with Gasteiger partial charge in [0.25, 0.3) is 0 Å². The molecule has 0 heterocycles. The van der Waals surface area contributed by atoms with Gasteiger partial charge in [-0.2, -0.15) is 0 Å². The van der Waals surface area contributed by atoms with Crippen molar-refractivity contribution in [2.45, 2.75) is 65.0 Å². The molecule has 0 bridgehead atoms. The first kappa shape index (κ1) is 32.8. The fourth-order valence-electron chi connectivity index (χ4n) is 4.92. The van der Waals surface area contributed by atoms with Crippen molar-refractivity contribution in [3.05, 3.63) is 119 Å². The minimum absolute atomic E-state index is 0.727. The maximum atomic E-state index is 5.09. The monoisotopic (exact) mass is 590 g/mol. The number of ether oxygens (including phenoxy) is 2. The van der Waals surface area contributed by atoms with Crippen LogP contribution in [0.25, 0.3) is 0 Å². The lowest BCUT2D eigenvalue weighted by molar-refractivity contribution is 0.336. The van der Waals surface area contributed by atoms with E-state index in [1.807, 2.05) is 12.2 Å². The molecule has 3 aromatic rings. The van der Waals surface area contributed by atoms with Crippen LogP contribution in [0.15, 0.2) is 85.3 Å². The van der Waals surface area contributed by atoms with Gasteiger partial charge in [-0.05, 0) is 69.8 Å². The number of hydrogen-bond donors (Lipinski definition) is 0. The summed E-state index contributed by atoms with van der Waals surface area (Å²) in [7, 11) is -0.00533. The SMILES string of the molecule is CO/C=C/Cc1ccccc1CC#Cc1cc([Si](C)(C)C)c(C#CCc2ccccc2C/C=C/OC)cc1[Si](C)(C)C. The average Bonchev–Trinajstić information content (AvgIpc) is 2.94. The lowest BCUT2D eigenvalue weighted by Gasteiger charge is -2.25. The molecule has 0 saturated heterocycles. The van der Waals surface area contributed by atoms with Gasteiger partial charge in [0.15, 0.2) is 0 Å². The van der Waals surface area contributed by atoms with E-state index in [0.717, 1.165) is 25.7 Å². The zero-order valence-electron chi connectivity index (χ0n) is 26.7. The van der Waals surface area contributed by atoms with Crippen molar-refractivity contribution in [1.82, 2.24) is 0 Å². The summed E-state index contributed by atoms with van der Waals surface area (Å²) in [6.45, 7) is 14.4. The lowest BCUT2D eigenvalue weighted by Crippen LogP contribution is -2.45. The minimum Gasteiger partial charge on any atom is -0.505 e. The molecular weight excluding hydrogens is 545 g/mol. The average molecular weight is 591 g/mol. The van der Waals surface area contributed by atoms with E-state index >= 15 is 0 Å². The Balaban J connectivity index is 1.99. The Morgan fingerprint density at radius 3 is 1.26 bits per heavy atom. The van der Waals surface area contributed by atoms with E-state index in [1.54, 1.807) is 26.7 Å². The fraction of sp³-hybridized carbons (Fsp3) is 0.316. The van der Waals surface area contributed by atoms with Gasteiger partial charge in [0.05, 0.1) is 42.9 Å². The second-order valence-corrected chi connectivity index (χ2v) is 22.6. The molecule has 2 nitrogen and oxygen atoms in total. The molecule has 4 heteroatoms. The predicted octanol–water partition coefficient (Wildman–Crippen LogP) is 7.37. The van der Waals surface area contributed by atoms with Crippen LogP contribution in [0.4, 0.5) is 0 Å². The topological polar surface area (TPSA) is 18.5 Å². The van der Waals surface area contributed by atoms with Gasteiger partial charge in [0.2, 0.25) is 0 Å². The first-order valence-electron chi connectivity index (χ1n) is 14.7. The highest BCUT2D eigenvalue weighted by Crippen LogP contribution is 2.15. The summed E-state index contributed by atoms with van der Waals surface area (Å²) in [6, 6.07) is 21.9. The number of allylic oxidation sites excluding steroid dienone is 2. The smallest absolute Gasteiger partial charge is 0.0792 e. The third-order valence-corrected chi connectivity index (χ3v) is 11.2. The van der Waals surface area contributed by atoms with E-state index in [0.29, 0.717) is 0 Å². The van der Waals surface area contributed by atoms with Gasteiger partial charge < -0.3 is 9.47 Å². The summed E-state index contributed by atoms with van der Waals surface area (Å²) >= 11 is 0. The van der Waals surface area contributed by atoms with Gasteiger partial charge in [0, 0.05) is 24.0 Å². The van der Waals surface area contributed by atoms with Crippen LogP contribution in [0.1, 0.15) is 33.4 Å². The fourth-order valence-corrected chi connectivity index (χ4v) is 7.96. The van der Waals surface area contributed by atoms with Crippen molar-refractivity contribution in [1.29, 1.82) is 0 Å². The Bertz CT molecular complexity index is 1410. The first-order chi connectivity index (χ1) is 20.0. The molecular formula is C38H46O2Si2. The summed E-state index contributed by atoms with van der Waals surface area (Å²) in [5.41, 5.74) is 7.48.